The Labute approximate surface area is 209 Å². The lowest BCUT2D eigenvalue weighted by atomic mass is 9.89. The molecule has 2 heterocycles. The van der Waals surface area contributed by atoms with Crippen LogP contribution in [0.4, 0.5) is 35.1 Å². The molecule has 1 aliphatic heterocycles. The number of aromatic nitrogens is 1. The maximum Gasteiger partial charge on any atom is 0.416 e. The second kappa shape index (κ2) is 8.96. The summed E-state index contributed by atoms with van der Waals surface area (Å²) < 4.78 is 115. The van der Waals surface area contributed by atoms with E-state index in [4.69, 9.17) is 0 Å². The van der Waals surface area contributed by atoms with Gasteiger partial charge in [-0.1, -0.05) is 19.9 Å². The SMILES string of the molecule is CCC1(CC)C=Cc2c(C)c(F)c(-c3cc(C(F)(F)F)cc(C(F)(F)F)c3)c(F)c2-c2ccc(C)c[n+]21. The van der Waals surface area contributed by atoms with Crippen molar-refractivity contribution in [2.75, 3.05) is 0 Å². The zero-order valence-corrected chi connectivity index (χ0v) is 20.5. The Kier molecular flexibility index (Phi) is 6.49. The van der Waals surface area contributed by atoms with Crippen LogP contribution >= 0.6 is 0 Å². The lowest BCUT2D eigenvalue weighted by molar-refractivity contribution is -0.744. The fraction of sp³-hybridized carbons (Fsp3) is 0.321. The van der Waals surface area contributed by atoms with Gasteiger partial charge in [-0.25, -0.2) is 8.78 Å². The summed E-state index contributed by atoms with van der Waals surface area (Å²) in [7, 11) is 0. The summed E-state index contributed by atoms with van der Waals surface area (Å²) in [5.41, 5.74) is -4.45. The summed E-state index contributed by atoms with van der Waals surface area (Å²) in [6.45, 7) is 7.07. The number of alkyl halides is 6. The molecule has 0 radical (unpaired) electrons. The van der Waals surface area contributed by atoms with Crippen molar-refractivity contribution in [2.24, 2.45) is 0 Å². The number of halogens is 8. The Balaban J connectivity index is 2.14. The van der Waals surface area contributed by atoms with Crippen molar-refractivity contribution in [3.8, 4) is 22.4 Å². The van der Waals surface area contributed by atoms with Crippen LogP contribution in [0.2, 0.25) is 0 Å². The van der Waals surface area contributed by atoms with Crippen molar-refractivity contribution in [3.05, 3.63) is 82.1 Å². The van der Waals surface area contributed by atoms with E-state index in [1.807, 2.05) is 37.6 Å². The highest BCUT2D eigenvalue weighted by atomic mass is 19.4. The molecule has 9 heteroatoms. The minimum absolute atomic E-state index is 0.0663. The highest BCUT2D eigenvalue weighted by molar-refractivity contribution is 5.83. The van der Waals surface area contributed by atoms with E-state index in [2.05, 4.69) is 0 Å². The Hall–Kier alpha value is -3.23. The van der Waals surface area contributed by atoms with Gasteiger partial charge in [0.2, 0.25) is 5.69 Å². The molecule has 37 heavy (non-hydrogen) atoms. The maximum absolute atomic E-state index is 16.3. The van der Waals surface area contributed by atoms with Crippen molar-refractivity contribution in [2.45, 2.75) is 58.4 Å². The van der Waals surface area contributed by atoms with Crippen LogP contribution in [0.15, 0.2) is 42.6 Å². The number of pyridine rings is 1. The molecular weight excluding hydrogens is 502 g/mol. The first kappa shape index (κ1) is 26.8. The third kappa shape index (κ3) is 4.42. The van der Waals surface area contributed by atoms with E-state index in [-0.39, 0.29) is 22.8 Å². The van der Waals surface area contributed by atoms with Crippen LogP contribution in [0.5, 0.6) is 0 Å². The monoisotopic (exact) mass is 526 g/mol. The minimum Gasteiger partial charge on any atom is -0.206 e. The van der Waals surface area contributed by atoms with Gasteiger partial charge in [-0.3, -0.25) is 0 Å². The topological polar surface area (TPSA) is 3.88 Å². The molecule has 1 nitrogen and oxygen atoms in total. The zero-order chi connectivity index (χ0) is 27.5. The van der Waals surface area contributed by atoms with Crippen LogP contribution in [0.25, 0.3) is 28.5 Å². The third-order valence-corrected chi connectivity index (χ3v) is 7.15. The number of benzene rings is 2. The van der Waals surface area contributed by atoms with Crippen LogP contribution in [-0.4, -0.2) is 0 Å². The molecule has 1 aromatic heterocycles. The molecule has 0 saturated carbocycles. The molecule has 4 rings (SSSR count). The smallest absolute Gasteiger partial charge is 0.206 e. The normalized spacial score (nSPS) is 14.8. The predicted octanol–water partition coefficient (Wildman–Crippen LogP) is 8.78. The Morgan fingerprint density at radius 3 is 1.86 bits per heavy atom. The quantitative estimate of drug-likeness (QED) is 0.237. The molecule has 0 bridgehead atoms. The summed E-state index contributed by atoms with van der Waals surface area (Å²) in [4.78, 5) is 0. The van der Waals surface area contributed by atoms with E-state index in [0.717, 1.165) is 5.56 Å². The van der Waals surface area contributed by atoms with E-state index in [9.17, 15) is 26.3 Å². The van der Waals surface area contributed by atoms with Gasteiger partial charge in [0.1, 0.15) is 11.6 Å². The molecule has 0 N–H and O–H groups in total. The summed E-state index contributed by atoms with van der Waals surface area (Å²) in [5.74, 6) is -2.44. The van der Waals surface area contributed by atoms with E-state index >= 15 is 8.78 Å². The van der Waals surface area contributed by atoms with Crippen molar-refractivity contribution in [1.82, 2.24) is 0 Å². The first-order chi connectivity index (χ1) is 17.1. The van der Waals surface area contributed by atoms with Gasteiger partial charge < -0.3 is 0 Å². The van der Waals surface area contributed by atoms with E-state index in [1.54, 1.807) is 18.2 Å². The van der Waals surface area contributed by atoms with Crippen LogP contribution in [0, 0.1) is 25.5 Å². The molecule has 3 aromatic rings. The van der Waals surface area contributed by atoms with Gasteiger partial charge in [-0.2, -0.15) is 30.9 Å². The first-order valence-electron chi connectivity index (χ1n) is 11.7. The first-order valence-corrected chi connectivity index (χ1v) is 11.7. The van der Waals surface area contributed by atoms with Gasteiger partial charge in [0.25, 0.3) is 0 Å². The second-order valence-corrected chi connectivity index (χ2v) is 9.32. The molecule has 0 atom stereocenters. The molecule has 196 valence electrons. The maximum atomic E-state index is 16.3. The van der Waals surface area contributed by atoms with Crippen LogP contribution in [-0.2, 0) is 17.9 Å². The average Bonchev–Trinajstić information content (AvgIpc) is 2.96. The molecule has 1 aliphatic rings. The average molecular weight is 526 g/mol. The largest absolute Gasteiger partial charge is 0.416 e. The summed E-state index contributed by atoms with van der Waals surface area (Å²) in [5, 5.41) is 0. The number of hydrogen-bond donors (Lipinski definition) is 0. The number of allylic oxidation sites excluding steroid dienone is 1. The molecule has 0 amide bonds. The van der Waals surface area contributed by atoms with Gasteiger partial charge in [0.15, 0.2) is 11.7 Å². The molecule has 0 aliphatic carbocycles. The van der Waals surface area contributed by atoms with Gasteiger partial charge in [-0.05, 0) is 60.9 Å². The Morgan fingerprint density at radius 1 is 0.784 bits per heavy atom. The zero-order valence-electron chi connectivity index (χ0n) is 20.5. The number of fused-ring (bicyclic) bond motifs is 3. The lowest BCUT2D eigenvalue weighted by Gasteiger charge is -2.24. The van der Waals surface area contributed by atoms with Gasteiger partial charge >= 0.3 is 12.4 Å². The van der Waals surface area contributed by atoms with Gasteiger partial charge in [0, 0.05) is 24.5 Å². The number of rotatable bonds is 3. The summed E-state index contributed by atoms with van der Waals surface area (Å²) in [6.07, 6.45) is -3.86. The number of aryl methyl sites for hydroxylation is 1. The highest BCUT2D eigenvalue weighted by Gasteiger charge is 2.42. The van der Waals surface area contributed by atoms with Crippen molar-refractivity contribution >= 4 is 6.08 Å². The fourth-order valence-electron chi connectivity index (χ4n) is 4.97. The Bertz CT molecular complexity index is 1380. The lowest BCUT2D eigenvalue weighted by Crippen LogP contribution is -2.55. The van der Waals surface area contributed by atoms with Gasteiger partial charge in [-0.15, -0.1) is 0 Å². The predicted molar refractivity (Wildman–Crippen MR) is 124 cm³/mol. The molecule has 2 aromatic carbocycles. The Morgan fingerprint density at radius 2 is 1.35 bits per heavy atom. The van der Waals surface area contributed by atoms with Crippen LogP contribution in [0.1, 0.15) is 54.5 Å². The second-order valence-electron chi connectivity index (χ2n) is 9.32. The number of nitrogens with zero attached hydrogens (tertiary/aromatic N) is 1. The van der Waals surface area contributed by atoms with E-state index < -0.39 is 51.8 Å². The third-order valence-electron chi connectivity index (χ3n) is 7.15. The van der Waals surface area contributed by atoms with Crippen molar-refractivity contribution in [1.29, 1.82) is 0 Å². The highest BCUT2D eigenvalue weighted by Crippen LogP contribution is 2.44. The fourth-order valence-corrected chi connectivity index (χ4v) is 4.97. The number of hydrogen-bond acceptors (Lipinski definition) is 0. The van der Waals surface area contributed by atoms with E-state index in [0.29, 0.717) is 30.7 Å². The van der Waals surface area contributed by atoms with Crippen LogP contribution < -0.4 is 4.57 Å². The summed E-state index contributed by atoms with van der Waals surface area (Å²) >= 11 is 0. The van der Waals surface area contributed by atoms with Gasteiger partial charge in [0.05, 0.1) is 22.3 Å². The molecule has 0 fully saturated rings. The van der Waals surface area contributed by atoms with Crippen molar-refractivity contribution < 1.29 is 39.7 Å². The van der Waals surface area contributed by atoms with Crippen molar-refractivity contribution in [3.63, 3.8) is 0 Å². The minimum atomic E-state index is -5.16. The van der Waals surface area contributed by atoms with E-state index in [1.165, 1.54) is 6.92 Å². The molecule has 0 spiro atoms. The standard InChI is InChI=1S/C28H24F8N/c1-5-26(6-2)10-9-20-16(4)24(29)22(25(30)23(20)21-8-7-15(3)14-37(21)26)17-11-18(27(31,32)33)13-19(12-17)28(34,35)36/h7-14H,5-6H2,1-4H3/q+1. The molecule has 0 unspecified atom stereocenters. The molecule has 0 saturated heterocycles. The molecular formula is C28H24F8N+. The van der Waals surface area contributed by atoms with Crippen LogP contribution in [0.3, 0.4) is 0 Å². The summed E-state index contributed by atoms with van der Waals surface area (Å²) in [6, 6.07) is 3.99.